The van der Waals surface area contributed by atoms with Gasteiger partial charge in [0.15, 0.2) is 5.65 Å². The van der Waals surface area contributed by atoms with Crippen LogP contribution in [0.5, 0.6) is 11.8 Å². The Morgan fingerprint density at radius 3 is 1.82 bits per heavy atom. The van der Waals surface area contributed by atoms with E-state index < -0.39 is 0 Å². The highest BCUT2D eigenvalue weighted by molar-refractivity contribution is 5.85. The number of halogens is 1. The molecule has 0 spiro atoms. The number of ether oxygens (including phenoxy) is 2. The highest BCUT2D eigenvalue weighted by Crippen LogP contribution is 2.22. The van der Waals surface area contributed by atoms with Gasteiger partial charge in [0.05, 0.1) is 0 Å². The highest BCUT2D eigenvalue weighted by Gasteiger charge is 2.08. The van der Waals surface area contributed by atoms with Crippen LogP contribution in [-0.2, 0) is 0 Å². The lowest BCUT2D eigenvalue weighted by molar-refractivity contribution is 0.217. The number of fused-ring (bicyclic) bond motifs is 1. The first-order valence-electron chi connectivity index (χ1n) is 10.1. The SMILES string of the molecule is CCN(CC)CCOc1ccc2c(C)cc(OCCN(CC)CC)nc2n1.Cl. The summed E-state index contributed by atoms with van der Waals surface area (Å²) in [5, 5.41) is 1.03. The third-order valence-electron chi connectivity index (χ3n) is 4.93. The van der Waals surface area contributed by atoms with E-state index in [1.165, 1.54) is 0 Å². The van der Waals surface area contributed by atoms with Crippen molar-refractivity contribution in [3.05, 3.63) is 23.8 Å². The maximum atomic E-state index is 5.87. The molecule has 0 unspecified atom stereocenters. The van der Waals surface area contributed by atoms with E-state index in [0.717, 1.165) is 50.2 Å². The standard InChI is InChI=1S/C21H34N4O2.ClH/c1-6-24(7-2)12-14-26-19-11-10-18-17(5)16-20(23-21(18)22-19)27-15-13-25(8-3)9-4;/h10-11,16H,6-9,12-15H2,1-5H3;1H. The van der Waals surface area contributed by atoms with Gasteiger partial charge in [-0.3, -0.25) is 0 Å². The van der Waals surface area contributed by atoms with Gasteiger partial charge in [0, 0.05) is 30.6 Å². The van der Waals surface area contributed by atoms with Crippen LogP contribution in [0.25, 0.3) is 11.0 Å². The molecule has 0 saturated carbocycles. The Labute approximate surface area is 175 Å². The minimum Gasteiger partial charge on any atom is -0.476 e. The van der Waals surface area contributed by atoms with Gasteiger partial charge in [0.25, 0.3) is 0 Å². The molecule has 7 heteroatoms. The van der Waals surface area contributed by atoms with Crippen LogP contribution in [0.3, 0.4) is 0 Å². The largest absolute Gasteiger partial charge is 0.476 e. The molecule has 0 bridgehead atoms. The van der Waals surface area contributed by atoms with Crippen LogP contribution in [0.2, 0.25) is 0 Å². The van der Waals surface area contributed by atoms with Gasteiger partial charge < -0.3 is 19.3 Å². The van der Waals surface area contributed by atoms with Gasteiger partial charge >= 0.3 is 0 Å². The zero-order valence-corrected chi connectivity index (χ0v) is 18.7. The summed E-state index contributed by atoms with van der Waals surface area (Å²) in [5.74, 6) is 1.24. The zero-order chi connectivity index (χ0) is 19.6. The quantitative estimate of drug-likeness (QED) is 0.530. The number of rotatable bonds is 12. The van der Waals surface area contributed by atoms with Crippen molar-refractivity contribution < 1.29 is 9.47 Å². The monoisotopic (exact) mass is 410 g/mol. The Hall–Kier alpha value is -1.63. The highest BCUT2D eigenvalue weighted by atomic mass is 35.5. The first-order valence-corrected chi connectivity index (χ1v) is 10.1. The van der Waals surface area contributed by atoms with E-state index in [9.17, 15) is 0 Å². The molecule has 6 nitrogen and oxygen atoms in total. The number of aryl methyl sites for hydroxylation is 1. The molecule has 158 valence electrons. The van der Waals surface area contributed by atoms with Gasteiger partial charge in [-0.15, -0.1) is 12.4 Å². The predicted molar refractivity (Wildman–Crippen MR) is 118 cm³/mol. The lowest BCUT2D eigenvalue weighted by Crippen LogP contribution is -2.28. The van der Waals surface area contributed by atoms with Crippen LogP contribution in [0.15, 0.2) is 18.2 Å². The molecular formula is C21H35ClN4O2. The summed E-state index contributed by atoms with van der Waals surface area (Å²) >= 11 is 0. The van der Waals surface area contributed by atoms with Gasteiger partial charge in [0.2, 0.25) is 11.8 Å². The zero-order valence-electron chi connectivity index (χ0n) is 17.9. The van der Waals surface area contributed by atoms with Crippen molar-refractivity contribution in [1.82, 2.24) is 19.8 Å². The molecule has 0 atom stereocenters. The first-order chi connectivity index (χ1) is 13.1. The predicted octanol–water partition coefficient (Wildman–Crippen LogP) is 3.80. The van der Waals surface area contributed by atoms with E-state index in [1.54, 1.807) is 0 Å². The van der Waals surface area contributed by atoms with Crippen LogP contribution in [0.1, 0.15) is 33.3 Å². The fraction of sp³-hybridized carbons (Fsp3) is 0.619. The number of aromatic nitrogens is 2. The van der Waals surface area contributed by atoms with Gasteiger partial charge in [0.1, 0.15) is 13.2 Å². The fourth-order valence-corrected chi connectivity index (χ4v) is 3.02. The molecule has 2 rings (SSSR count). The molecule has 28 heavy (non-hydrogen) atoms. The van der Waals surface area contributed by atoms with Crippen molar-refractivity contribution in [3.63, 3.8) is 0 Å². The summed E-state index contributed by atoms with van der Waals surface area (Å²) < 4.78 is 11.7. The second-order valence-electron chi connectivity index (χ2n) is 6.55. The summed E-state index contributed by atoms with van der Waals surface area (Å²) in [6, 6.07) is 5.92. The van der Waals surface area contributed by atoms with E-state index in [4.69, 9.17) is 9.47 Å². The molecule has 0 amide bonds. The molecule has 0 aromatic carbocycles. The number of likely N-dealkylation sites (N-methyl/N-ethyl adjacent to an activating group) is 2. The lowest BCUT2D eigenvalue weighted by Gasteiger charge is -2.18. The Morgan fingerprint density at radius 1 is 0.786 bits per heavy atom. The molecular weight excluding hydrogens is 376 g/mol. The van der Waals surface area contributed by atoms with Crippen molar-refractivity contribution in [2.45, 2.75) is 34.6 Å². The summed E-state index contributed by atoms with van der Waals surface area (Å²) in [6.45, 7) is 17.9. The Kier molecular flexibility index (Phi) is 11.1. The lowest BCUT2D eigenvalue weighted by atomic mass is 10.2. The Morgan fingerprint density at radius 2 is 1.29 bits per heavy atom. The smallest absolute Gasteiger partial charge is 0.215 e. The van der Waals surface area contributed by atoms with E-state index in [-0.39, 0.29) is 12.4 Å². The number of pyridine rings is 2. The fourth-order valence-electron chi connectivity index (χ4n) is 3.02. The third-order valence-corrected chi connectivity index (χ3v) is 4.93. The van der Waals surface area contributed by atoms with Crippen molar-refractivity contribution in [1.29, 1.82) is 0 Å². The summed E-state index contributed by atoms with van der Waals surface area (Å²) in [6.07, 6.45) is 0. The van der Waals surface area contributed by atoms with Crippen molar-refractivity contribution in [2.24, 2.45) is 0 Å². The molecule has 0 aliphatic heterocycles. The van der Waals surface area contributed by atoms with Crippen LogP contribution >= 0.6 is 12.4 Å². The Bertz CT molecular complexity index is 701. The van der Waals surface area contributed by atoms with Gasteiger partial charge in [-0.05, 0) is 44.7 Å². The maximum Gasteiger partial charge on any atom is 0.215 e. The summed E-state index contributed by atoms with van der Waals surface area (Å²) in [4.78, 5) is 13.8. The number of hydrogen-bond acceptors (Lipinski definition) is 6. The van der Waals surface area contributed by atoms with Crippen molar-refractivity contribution >= 4 is 23.4 Å². The second kappa shape index (κ2) is 12.8. The topological polar surface area (TPSA) is 50.7 Å². The molecule has 0 aliphatic rings. The molecule has 0 N–H and O–H groups in total. The van der Waals surface area contributed by atoms with Crippen LogP contribution in [0.4, 0.5) is 0 Å². The minimum absolute atomic E-state index is 0. The average molecular weight is 411 g/mol. The summed E-state index contributed by atoms with van der Waals surface area (Å²) in [7, 11) is 0. The first kappa shape index (κ1) is 24.4. The average Bonchev–Trinajstić information content (AvgIpc) is 2.68. The molecule has 2 aromatic heterocycles. The Balaban J connectivity index is 0.00000392. The van der Waals surface area contributed by atoms with Crippen LogP contribution < -0.4 is 9.47 Å². The van der Waals surface area contributed by atoms with E-state index in [0.29, 0.717) is 30.6 Å². The normalized spacial score (nSPS) is 11.1. The molecule has 2 heterocycles. The van der Waals surface area contributed by atoms with Crippen LogP contribution in [0, 0.1) is 6.92 Å². The second-order valence-corrected chi connectivity index (χ2v) is 6.55. The van der Waals surface area contributed by atoms with E-state index in [2.05, 4.69) is 54.4 Å². The number of hydrogen-bond donors (Lipinski definition) is 0. The number of nitrogens with zero attached hydrogens (tertiary/aromatic N) is 4. The van der Waals surface area contributed by atoms with Gasteiger partial charge in [-0.1, -0.05) is 27.7 Å². The summed E-state index contributed by atoms with van der Waals surface area (Å²) in [5.41, 5.74) is 1.79. The third kappa shape index (κ3) is 7.08. The maximum absolute atomic E-state index is 5.87. The van der Waals surface area contributed by atoms with Crippen molar-refractivity contribution in [3.8, 4) is 11.8 Å². The molecule has 0 radical (unpaired) electrons. The molecule has 0 fully saturated rings. The van der Waals surface area contributed by atoms with Crippen LogP contribution in [-0.4, -0.2) is 72.3 Å². The van der Waals surface area contributed by atoms with E-state index >= 15 is 0 Å². The van der Waals surface area contributed by atoms with Crippen molar-refractivity contribution in [2.75, 3.05) is 52.5 Å². The van der Waals surface area contributed by atoms with Gasteiger partial charge in [-0.2, -0.15) is 9.97 Å². The van der Waals surface area contributed by atoms with Gasteiger partial charge in [-0.25, -0.2) is 0 Å². The molecule has 2 aromatic rings. The molecule has 0 saturated heterocycles. The van der Waals surface area contributed by atoms with E-state index in [1.807, 2.05) is 18.2 Å². The molecule has 0 aliphatic carbocycles. The minimum atomic E-state index is 0.